The Balaban J connectivity index is 2.32. The van der Waals surface area contributed by atoms with E-state index in [0.717, 1.165) is 11.1 Å². The monoisotopic (exact) mass is 337 g/mol. The number of ether oxygens (including phenoxy) is 1. The summed E-state index contributed by atoms with van der Waals surface area (Å²) in [6, 6.07) is 3.27. The largest absolute Gasteiger partial charge is 0.424 e. The van der Waals surface area contributed by atoms with Crippen LogP contribution in [0.25, 0.3) is 0 Å². The Morgan fingerprint density at radius 2 is 1.90 bits per heavy atom. The van der Waals surface area contributed by atoms with Crippen molar-refractivity contribution >= 4 is 21.6 Å². The summed E-state index contributed by atoms with van der Waals surface area (Å²) in [6.45, 7) is 3.51. The van der Waals surface area contributed by atoms with Gasteiger partial charge in [-0.1, -0.05) is 15.9 Å². The van der Waals surface area contributed by atoms with Gasteiger partial charge in [-0.05, 0) is 31.0 Å². The van der Waals surface area contributed by atoms with E-state index < -0.39 is 4.92 Å². The molecule has 0 saturated carbocycles. The summed E-state index contributed by atoms with van der Waals surface area (Å²) >= 11 is 3.30. The zero-order valence-corrected chi connectivity index (χ0v) is 12.5. The van der Waals surface area contributed by atoms with Gasteiger partial charge >= 0.3 is 6.01 Å². The molecule has 1 aromatic carbocycles. The summed E-state index contributed by atoms with van der Waals surface area (Å²) in [7, 11) is 0. The van der Waals surface area contributed by atoms with Crippen LogP contribution in [-0.4, -0.2) is 14.9 Å². The molecule has 0 amide bonds. The molecule has 0 N–H and O–H groups in total. The Kier molecular flexibility index (Phi) is 4.29. The van der Waals surface area contributed by atoms with E-state index in [0.29, 0.717) is 16.6 Å². The average Bonchev–Trinajstić information content (AvgIpc) is 2.42. The van der Waals surface area contributed by atoms with Gasteiger partial charge < -0.3 is 4.74 Å². The van der Waals surface area contributed by atoms with E-state index in [1.165, 1.54) is 6.07 Å². The lowest BCUT2D eigenvalue weighted by molar-refractivity contribution is -0.385. The number of hydrogen-bond donors (Lipinski definition) is 0. The van der Waals surface area contributed by atoms with Crippen molar-refractivity contribution in [3.63, 3.8) is 0 Å². The quantitative estimate of drug-likeness (QED) is 0.483. The molecular formula is C13H12BrN3O3. The van der Waals surface area contributed by atoms with Crippen LogP contribution in [0.2, 0.25) is 0 Å². The second-order valence-electron chi connectivity index (χ2n) is 4.27. The maximum atomic E-state index is 10.9. The van der Waals surface area contributed by atoms with Crippen LogP contribution < -0.4 is 4.74 Å². The Morgan fingerprint density at radius 1 is 1.25 bits per heavy atom. The summed E-state index contributed by atoms with van der Waals surface area (Å²) in [5.41, 5.74) is 2.32. The van der Waals surface area contributed by atoms with Gasteiger partial charge in [0, 0.05) is 23.3 Å². The molecule has 6 nitrogen and oxygen atoms in total. The normalized spacial score (nSPS) is 10.3. The van der Waals surface area contributed by atoms with E-state index in [-0.39, 0.29) is 11.7 Å². The summed E-state index contributed by atoms with van der Waals surface area (Å²) in [6.07, 6.45) is 3.27. The Bertz CT molecular complexity index is 644. The highest BCUT2D eigenvalue weighted by Gasteiger charge is 2.15. The number of rotatable bonds is 4. The van der Waals surface area contributed by atoms with Gasteiger partial charge in [-0.25, -0.2) is 9.97 Å². The van der Waals surface area contributed by atoms with Crippen LogP contribution in [0.3, 0.4) is 0 Å². The molecule has 0 aliphatic heterocycles. The predicted molar refractivity (Wildman–Crippen MR) is 77.3 cm³/mol. The number of nitrogens with zero attached hydrogens (tertiary/aromatic N) is 3. The minimum Gasteiger partial charge on any atom is -0.424 e. The first-order chi connectivity index (χ1) is 9.51. The van der Waals surface area contributed by atoms with E-state index >= 15 is 0 Å². The zero-order valence-electron chi connectivity index (χ0n) is 11.0. The van der Waals surface area contributed by atoms with Crippen LogP contribution in [0.15, 0.2) is 24.5 Å². The fraction of sp³-hybridized carbons (Fsp3) is 0.231. The summed E-state index contributed by atoms with van der Waals surface area (Å²) < 4.78 is 5.51. The standard InChI is InChI=1S/C13H12BrN3O3/c1-8-3-9(2)12(4-11(8)17(18)19)20-13-15-6-10(5-14)7-16-13/h3-4,6-7H,5H2,1-2H3. The fourth-order valence-electron chi connectivity index (χ4n) is 1.69. The number of aryl methyl sites for hydroxylation is 2. The second kappa shape index (κ2) is 5.96. The first kappa shape index (κ1) is 14.4. The minimum absolute atomic E-state index is 0.0164. The number of nitro groups is 1. The Morgan fingerprint density at radius 3 is 2.45 bits per heavy atom. The van der Waals surface area contributed by atoms with Crippen LogP contribution in [0, 0.1) is 24.0 Å². The molecule has 0 spiro atoms. The van der Waals surface area contributed by atoms with Crippen LogP contribution in [0.4, 0.5) is 5.69 Å². The molecule has 7 heteroatoms. The lowest BCUT2D eigenvalue weighted by Gasteiger charge is -2.08. The molecule has 20 heavy (non-hydrogen) atoms. The predicted octanol–water partition coefficient (Wildman–Crippen LogP) is 3.69. The van der Waals surface area contributed by atoms with Gasteiger partial charge in [-0.2, -0.15) is 0 Å². The van der Waals surface area contributed by atoms with Crippen LogP contribution in [0.1, 0.15) is 16.7 Å². The van der Waals surface area contributed by atoms with Crippen molar-refractivity contribution in [2.24, 2.45) is 0 Å². The van der Waals surface area contributed by atoms with Crippen molar-refractivity contribution in [1.29, 1.82) is 0 Å². The van der Waals surface area contributed by atoms with Gasteiger partial charge in [0.2, 0.25) is 0 Å². The van der Waals surface area contributed by atoms with Gasteiger partial charge in [0.05, 0.1) is 11.0 Å². The van der Waals surface area contributed by atoms with Crippen LogP contribution in [0.5, 0.6) is 11.8 Å². The van der Waals surface area contributed by atoms with Crippen LogP contribution >= 0.6 is 15.9 Å². The lowest BCUT2D eigenvalue weighted by atomic mass is 10.1. The molecular weight excluding hydrogens is 326 g/mol. The van der Waals surface area contributed by atoms with E-state index in [1.54, 1.807) is 25.4 Å². The molecule has 0 aliphatic carbocycles. The number of halogens is 1. The van der Waals surface area contributed by atoms with Gasteiger partial charge in [0.25, 0.3) is 5.69 Å². The smallest absolute Gasteiger partial charge is 0.321 e. The first-order valence-electron chi connectivity index (χ1n) is 5.81. The molecule has 0 fully saturated rings. The number of hydrogen-bond acceptors (Lipinski definition) is 5. The molecule has 0 radical (unpaired) electrons. The van der Waals surface area contributed by atoms with Crippen molar-refractivity contribution in [3.8, 4) is 11.8 Å². The molecule has 2 aromatic rings. The topological polar surface area (TPSA) is 78.2 Å². The molecule has 1 heterocycles. The lowest BCUT2D eigenvalue weighted by Crippen LogP contribution is -1.97. The van der Waals surface area contributed by atoms with Crippen molar-refractivity contribution in [1.82, 2.24) is 9.97 Å². The molecule has 0 unspecified atom stereocenters. The average molecular weight is 338 g/mol. The van der Waals surface area contributed by atoms with E-state index in [2.05, 4.69) is 25.9 Å². The molecule has 1 aromatic heterocycles. The van der Waals surface area contributed by atoms with E-state index in [1.807, 2.05) is 6.92 Å². The molecule has 0 bridgehead atoms. The SMILES string of the molecule is Cc1cc(C)c([N+](=O)[O-])cc1Oc1ncc(CBr)cn1. The van der Waals surface area contributed by atoms with Crippen molar-refractivity contribution in [3.05, 3.63) is 51.3 Å². The number of nitro benzene ring substituents is 1. The molecule has 0 atom stereocenters. The maximum Gasteiger partial charge on any atom is 0.321 e. The third kappa shape index (κ3) is 3.11. The fourth-order valence-corrected chi connectivity index (χ4v) is 1.98. The first-order valence-corrected chi connectivity index (χ1v) is 6.93. The second-order valence-corrected chi connectivity index (χ2v) is 4.83. The number of benzene rings is 1. The van der Waals surface area contributed by atoms with Crippen molar-refractivity contribution in [2.45, 2.75) is 19.2 Å². The molecule has 2 rings (SSSR count). The van der Waals surface area contributed by atoms with Gasteiger partial charge in [0.15, 0.2) is 0 Å². The molecule has 0 aliphatic rings. The Hall–Kier alpha value is -2.02. The number of aromatic nitrogens is 2. The molecule has 0 saturated heterocycles. The highest BCUT2D eigenvalue weighted by molar-refractivity contribution is 9.08. The highest BCUT2D eigenvalue weighted by atomic mass is 79.9. The van der Waals surface area contributed by atoms with Gasteiger partial charge in [0.1, 0.15) is 5.75 Å². The third-order valence-electron chi connectivity index (χ3n) is 2.73. The van der Waals surface area contributed by atoms with Crippen molar-refractivity contribution in [2.75, 3.05) is 0 Å². The van der Waals surface area contributed by atoms with E-state index in [4.69, 9.17) is 4.74 Å². The highest BCUT2D eigenvalue weighted by Crippen LogP contribution is 2.30. The van der Waals surface area contributed by atoms with Gasteiger partial charge in [-0.15, -0.1) is 0 Å². The third-order valence-corrected chi connectivity index (χ3v) is 3.37. The summed E-state index contributed by atoms with van der Waals surface area (Å²) in [4.78, 5) is 18.6. The zero-order chi connectivity index (χ0) is 14.7. The van der Waals surface area contributed by atoms with Crippen LogP contribution in [-0.2, 0) is 5.33 Å². The van der Waals surface area contributed by atoms with Crippen molar-refractivity contribution < 1.29 is 9.66 Å². The van der Waals surface area contributed by atoms with E-state index in [9.17, 15) is 10.1 Å². The Labute approximate surface area is 124 Å². The summed E-state index contributed by atoms with van der Waals surface area (Å²) in [5.74, 6) is 0.383. The summed E-state index contributed by atoms with van der Waals surface area (Å²) in [5, 5.41) is 11.6. The number of alkyl halides is 1. The minimum atomic E-state index is -0.434. The van der Waals surface area contributed by atoms with Gasteiger partial charge in [-0.3, -0.25) is 10.1 Å². The molecule has 104 valence electrons. The maximum absolute atomic E-state index is 10.9.